The first kappa shape index (κ1) is 14.4. The van der Waals surface area contributed by atoms with E-state index in [1.54, 1.807) is 0 Å². The van der Waals surface area contributed by atoms with Gasteiger partial charge < -0.3 is 14.8 Å². The van der Waals surface area contributed by atoms with Gasteiger partial charge in [0, 0.05) is 0 Å². The van der Waals surface area contributed by atoms with Gasteiger partial charge in [0.15, 0.2) is 6.04 Å². The van der Waals surface area contributed by atoms with Crippen LogP contribution in [0.2, 0.25) is 0 Å². The third-order valence-electron chi connectivity index (χ3n) is 2.42. The summed E-state index contributed by atoms with van der Waals surface area (Å²) in [6.07, 6.45) is 0.273. The van der Waals surface area contributed by atoms with Gasteiger partial charge >= 0.3 is 5.97 Å². The number of ether oxygens (including phenoxy) is 2. The zero-order valence-corrected chi connectivity index (χ0v) is 10.3. The first-order valence-corrected chi connectivity index (χ1v) is 5.15. The van der Waals surface area contributed by atoms with Crippen molar-refractivity contribution in [2.24, 2.45) is 0 Å². The van der Waals surface area contributed by atoms with Crippen LogP contribution < -0.4 is 10.1 Å². The molecule has 0 aliphatic rings. The van der Waals surface area contributed by atoms with Crippen molar-refractivity contribution in [1.29, 1.82) is 0 Å². The number of methoxy groups -OCH3 is 2. The lowest BCUT2D eigenvalue weighted by molar-refractivity contribution is -0.385. The third kappa shape index (κ3) is 3.18. The van der Waals surface area contributed by atoms with Crippen LogP contribution in [0.3, 0.4) is 0 Å². The number of nitro benzene ring substituents is 1. The van der Waals surface area contributed by atoms with Crippen LogP contribution in [0.25, 0.3) is 0 Å². The molecule has 1 aromatic rings. The summed E-state index contributed by atoms with van der Waals surface area (Å²) in [5.74, 6) is -0.537. The SMILES string of the molecule is COC(=O)C(NC=O)c1ccc(OC)cc1[N+](=O)[O-]. The summed E-state index contributed by atoms with van der Waals surface area (Å²) in [7, 11) is 2.48. The largest absolute Gasteiger partial charge is 0.497 e. The molecule has 0 bridgehead atoms. The minimum Gasteiger partial charge on any atom is -0.497 e. The van der Waals surface area contributed by atoms with Gasteiger partial charge in [0.2, 0.25) is 6.41 Å². The maximum atomic E-state index is 11.5. The molecule has 0 aliphatic carbocycles. The number of benzene rings is 1. The summed E-state index contributed by atoms with van der Waals surface area (Å²) < 4.78 is 9.37. The summed E-state index contributed by atoms with van der Waals surface area (Å²) in [6.45, 7) is 0. The number of amides is 1. The van der Waals surface area contributed by atoms with Crippen molar-refractivity contribution >= 4 is 18.1 Å². The molecule has 0 saturated carbocycles. The Labute approximate surface area is 108 Å². The quantitative estimate of drug-likeness (QED) is 0.349. The van der Waals surface area contributed by atoms with Crippen LogP contribution in [0.1, 0.15) is 11.6 Å². The standard InChI is InChI=1S/C11H12N2O6/c1-18-7-3-4-8(9(5-7)13(16)17)10(12-6-14)11(15)19-2/h3-6,10H,1-2H3,(H,12,14). The number of nitrogens with one attached hydrogen (secondary N) is 1. The molecular weight excluding hydrogens is 256 g/mol. The Morgan fingerprint density at radius 1 is 1.47 bits per heavy atom. The van der Waals surface area contributed by atoms with Crippen LogP contribution in [0.15, 0.2) is 18.2 Å². The molecule has 8 heteroatoms. The zero-order chi connectivity index (χ0) is 14.4. The molecule has 1 N–H and O–H groups in total. The fourth-order valence-electron chi connectivity index (χ4n) is 1.52. The molecular formula is C11H12N2O6. The van der Waals surface area contributed by atoms with Crippen LogP contribution in [0, 0.1) is 10.1 Å². The van der Waals surface area contributed by atoms with Crippen LogP contribution in [0.4, 0.5) is 5.69 Å². The summed E-state index contributed by atoms with van der Waals surface area (Å²) in [4.78, 5) is 32.4. The predicted octanol–water partition coefficient (Wildman–Crippen LogP) is 0.563. The van der Waals surface area contributed by atoms with Crippen LogP contribution in [0.5, 0.6) is 5.75 Å². The van der Waals surface area contributed by atoms with Crippen molar-refractivity contribution in [3.05, 3.63) is 33.9 Å². The average molecular weight is 268 g/mol. The topological polar surface area (TPSA) is 108 Å². The van der Waals surface area contributed by atoms with Crippen molar-refractivity contribution in [3.63, 3.8) is 0 Å². The number of carbonyl (C=O) groups is 2. The number of rotatable bonds is 6. The number of hydrogen-bond donors (Lipinski definition) is 1. The highest BCUT2D eigenvalue weighted by Crippen LogP contribution is 2.29. The number of esters is 1. The molecule has 1 amide bonds. The van der Waals surface area contributed by atoms with Crippen LogP contribution >= 0.6 is 0 Å². The van der Waals surface area contributed by atoms with E-state index in [1.165, 1.54) is 19.2 Å². The molecule has 1 aromatic carbocycles. The van der Waals surface area contributed by atoms with E-state index in [-0.39, 0.29) is 23.4 Å². The molecule has 0 saturated heterocycles. The molecule has 102 valence electrons. The molecule has 1 rings (SSSR count). The van der Waals surface area contributed by atoms with Gasteiger partial charge in [-0.25, -0.2) is 4.79 Å². The maximum absolute atomic E-state index is 11.5. The number of hydrogen-bond acceptors (Lipinski definition) is 6. The Bertz CT molecular complexity index is 502. The highest BCUT2D eigenvalue weighted by atomic mass is 16.6. The number of carbonyl (C=O) groups excluding carboxylic acids is 2. The molecule has 19 heavy (non-hydrogen) atoms. The highest BCUT2D eigenvalue weighted by molar-refractivity contribution is 5.81. The second-order valence-electron chi connectivity index (χ2n) is 3.42. The smallest absolute Gasteiger partial charge is 0.333 e. The maximum Gasteiger partial charge on any atom is 0.333 e. The summed E-state index contributed by atoms with van der Waals surface area (Å²) in [5, 5.41) is 13.2. The van der Waals surface area contributed by atoms with Crippen LogP contribution in [-0.4, -0.2) is 31.5 Å². The fourth-order valence-corrected chi connectivity index (χ4v) is 1.52. The second kappa shape index (κ2) is 6.34. The third-order valence-corrected chi connectivity index (χ3v) is 2.42. The number of nitro groups is 1. The van der Waals surface area contributed by atoms with Crippen molar-refractivity contribution in [2.75, 3.05) is 14.2 Å². The number of nitrogens with zero attached hydrogens (tertiary/aromatic N) is 1. The van der Waals surface area contributed by atoms with Gasteiger partial charge in [0.25, 0.3) is 5.69 Å². The fraction of sp³-hybridized carbons (Fsp3) is 0.273. The van der Waals surface area contributed by atoms with Crippen molar-refractivity contribution in [3.8, 4) is 5.75 Å². The van der Waals surface area contributed by atoms with Gasteiger partial charge in [-0.1, -0.05) is 0 Å². The Morgan fingerprint density at radius 3 is 2.63 bits per heavy atom. The molecule has 8 nitrogen and oxygen atoms in total. The molecule has 0 aromatic heterocycles. The van der Waals surface area contributed by atoms with E-state index in [0.717, 1.165) is 13.2 Å². The van der Waals surface area contributed by atoms with Gasteiger partial charge in [-0.15, -0.1) is 0 Å². The molecule has 0 heterocycles. The highest BCUT2D eigenvalue weighted by Gasteiger charge is 2.28. The van der Waals surface area contributed by atoms with Crippen molar-refractivity contribution in [2.45, 2.75) is 6.04 Å². The minimum absolute atomic E-state index is 0.0183. The first-order chi connectivity index (χ1) is 9.04. The van der Waals surface area contributed by atoms with Crippen molar-refractivity contribution in [1.82, 2.24) is 5.32 Å². The van der Waals surface area contributed by atoms with E-state index in [4.69, 9.17) is 4.74 Å². The Kier molecular flexibility index (Phi) is 4.81. The lowest BCUT2D eigenvalue weighted by atomic mass is 10.0. The monoisotopic (exact) mass is 268 g/mol. The summed E-state index contributed by atoms with van der Waals surface area (Å²) in [6, 6.07) is 2.70. The lowest BCUT2D eigenvalue weighted by Gasteiger charge is -2.14. The lowest BCUT2D eigenvalue weighted by Crippen LogP contribution is -2.29. The van der Waals surface area contributed by atoms with Crippen LogP contribution in [-0.2, 0) is 14.3 Å². The van der Waals surface area contributed by atoms with Gasteiger partial charge in [0.1, 0.15) is 5.75 Å². The van der Waals surface area contributed by atoms with Gasteiger partial charge in [0.05, 0.1) is 30.8 Å². The Balaban J connectivity index is 3.32. The summed E-state index contributed by atoms with van der Waals surface area (Å²) in [5.41, 5.74) is -0.325. The van der Waals surface area contributed by atoms with E-state index in [0.29, 0.717) is 0 Å². The van der Waals surface area contributed by atoms with Gasteiger partial charge in [-0.2, -0.15) is 0 Å². The molecule has 0 spiro atoms. The Morgan fingerprint density at radius 2 is 2.16 bits per heavy atom. The molecule has 1 unspecified atom stereocenters. The summed E-state index contributed by atoms with van der Waals surface area (Å²) >= 11 is 0. The molecule has 0 fully saturated rings. The first-order valence-electron chi connectivity index (χ1n) is 5.15. The van der Waals surface area contributed by atoms with E-state index in [1.807, 2.05) is 0 Å². The molecule has 0 radical (unpaired) electrons. The van der Waals surface area contributed by atoms with E-state index in [9.17, 15) is 19.7 Å². The van der Waals surface area contributed by atoms with E-state index < -0.39 is 16.9 Å². The van der Waals surface area contributed by atoms with Gasteiger partial charge in [-0.3, -0.25) is 14.9 Å². The Hall–Kier alpha value is -2.64. The van der Waals surface area contributed by atoms with Crippen molar-refractivity contribution < 1.29 is 24.0 Å². The van der Waals surface area contributed by atoms with E-state index >= 15 is 0 Å². The average Bonchev–Trinajstić information content (AvgIpc) is 2.43. The zero-order valence-electron chi connectivity index (χ0n) is 10.3. The second-order valence-corrected chi connectivity index (χ2v) is 3.42. The molecule has 0 aliphatic heterocycles. The van der Waals surface area contributed by atoms with E-state index in [2.05, 4.69) is 10.1 Å². The minimum atomic E-state index is -1.24. The van der Waals surface area contributed by atoms with Gasteiger partial charge in [-0.05, 0) is 12.1 Å². The normalized spacial score (nSPS) is 11.3. The molecule has 1 atom stereocenters. The predicted molar refractivity (Wildman–Crippen MR) is 63.6 cm³/mol.